The van der Waals surface area contributed by atoms with Crippen molar-refractivity contribution in [2.45, 2.75) is 43.0 Å². The van der Waals surface area contributed by atoms with Crippen molar-refractivity contribution < 1.29 is 17.7 Å². The molecular weight excluding hydrogens is 454 g/mol. The van der Waals surface area contributed by atoms with E-state index in [9.17, 15) is 13.2 Å². The highest BCUT2D eigenvalue weighted by atomic mass is 32.2. The molecule has 1 aromatic heterocycles. The first-order valence-electron chi connectivity index (χ1n) is 11.7. The highest BCUT2D eigenvalue weighted by molar-refractivity contribution is 7.89. The molecule has 1 aliphatic heterocycles. The maximum absolute atomic E-state index is 13.2. The number of carbonyl (C=O) groups is 1. The van der Waals surface area contributed by atoms with Crippen molar-refractivity contribution in [3.63, 3.8) is 0 Å². The van der Waals surface area contributed by atoms with Gasteiger partial charge in [-0.3, -0.25) is 10.1 Å². The zero-order valence-corrected chi connectivity index (χ0v) is 20.1. The number of hydrogen-bond donors (Lipinski definition) is 1. The molecule has 0 atom stereocenters. The Morgan fingerprint density at radius 2 is 1.76 bits per heavy atom. The standard InChI is InChI=1S/C24H29N5O4S/c1-18-26-23(27-33-18)24(10-4-5-11-24)25-17-22(30)28-12-14-29(15-13-28)34(31,32)21-9-8-19-6-2-3-7-20(19)16-21/h2-3,6-9,16,25H,4-5,10-15,17H2,1H3. The number of aryl methyl sites for hydroxylation is 1. The van der Waals surface area contributed by atoms with E-state index in [0.29, 0.717) is 24.8 Å². The molecule has 0 unspecified atom stereocenters. The third kappa shape index (κ3) is 4.33. The van der Waals surface area contributed by atoms with Gasteiger partial charge in [-0.15, -0.1) is 0 Å². The molecule has 180 valence electrons. The Morgan fingerprint density at radius 1 is 1.06 bits per heavy atom. The van der Waals surface area contributed by atoms with Gasteiger partial charge < -0.3 is 9.42 Å². The average Bonchev–Trinajstić information content (AvgIpc) is 3.52. The van der Waals surface area contributed by atoms with Crippen LogP contribution in [0.3, 0.4) is 0 Å². The van der Waals surface area contributed by atoms with Gasteiger partial charge in [-0.1, -0.05) is 48.3 Å². The quantitative estimate of drug-likeness (QED) is 0.574. The number of nitrogens with zero attached hydrogens (tertiary/aromatic N) is 4. The monoisotopic (exact) mass is 483 g/mol. The normalized spacial score (nSPS) is 19.0. The number of fused-ring (bicyclic) bond motifs is 1. The minimum absolute atomic E-state index is 0.0470. The fourth-order valence-corrected chi connectivity index (χ4v) is 6.42. The van der Waals surface area contributed by atoms with Gasteiger partial charge in [-0.2, -0.15) is 9.29 Å². The SMILES string of the molecule is Cc1nc(C2(NCC(=O)N3CCN(S(=O)(=O)c4ccc5ccccc5c4)CC3)CCCC2)no1. The first-order valence-corrected chi connectivity index (χ1v) is 13.1. The molecule has 2 aliphatic rings. The number of rotatable bonds is 6. The van der Waals surface area contributed by atoms with Gasteiger partial charge >= 0.3 is 0 Å². The molecule has 3 aromatic rings. The average molecular weight is 484 g/mol. The van der Waals surface area contributed by atoms with Crippen LogP contribution >= 0.6 is 0 Å². The third-order valence-electron chi connectivity index (χ3n) is 6.94. The summed E-state index contributed by atoms with van der Waals surface area (Å²) in [7, 11) is -3.62. The van der Waals surface area contributed by atoms with Crippen LogP contribution in [-0.2, 0) is 20.4 Å². The molecule has 2 aromatic carbocycles. The van der Waals surface area contributed by atoms with Gasteiger partial charge in [-0.25, -0.2) is 8.42 Å². The second-order valence-corrected chi connectivity index (χ2v) is 11.0. The molecule has 1 N–H and O–H groups in total. The second-order valence-electron chi connectivity index (χ2n) is 9.07. The van der Waals surface area contributed by atoms with Crippen LogP contribution in [0.4, 0.5) is 0 Å². The van der Waals surface area contributed by atoms with Crippen molar-refractivity contribution in [1.29, 1.82) is 0 Å². The predicted molar refractivity (Wildman–Crippen MR) is 126 cm³/mol. The van der Waals surface area contributed by atoms with Crippen LogP contribution in [0.25, 0.3) is 10.8 Å². The molecular formula is C24H29N5O4S. The number of benzene rings is 2. The van der Waals surface area contributed by atoms with E-state index < -0.39 is 15.6 Å². The summed E-state index contributed by atoms with van der Waals surface area (Å²) >= 11 is 0. The van der Waals surface area contributed by atoms with Crippen LogP contribution in [0.15, 0.2) is 51.9 Å². The Kier molecular flexibility index (Phi) is 6.13. The summed E-state index contributed by atoms with van der Waals surface area (Å²) in [5, 5.41) is 9.39. The summed E-state index contributed by atoms with van der Waals surface area (Å²) in [6.45, 7) is 3.19. The van der Waals surface area contributed by atoms with Gasteiger partial charge in [0.05, 0.1) is 17.0 Å². The second kappa shape index (κ2) is 9.09. The first-order chi connectivity index (χ1) is 16.4. The number of sulfonamides is 1. The van der Waals surface area contributed by atoms with Crippen molar-refractivity contribution in [2.75, 3.05) is 32.7 Å². The van der Waals surface area contributed by atoms with E-state index in [1.807, 2.05) is 30.3 Å². The van der Waals surface area contributed by atoms with Gasteiger partial charge in [0.1, 0.15) is 0 Å². The summed E-state index contributed by atoms with van der Waals surface area (Å²) in [4.78, 5) is 19.3. The van der Waals surface area contributed by atoms with E-state index >= 15 is 0 Å². The van der Waals surface area contributed by atoms with Crippen LogP contribution in [0.5, 0.6) is 0 Å². The van der Waals surface area contributed by atoms with Gasteiger partial charge in [0.25, 0.3) is 0 Å². The lowest BCUT2D eigenvalue weighted by molar-refractivity contribution is -0.131. The van der Waals surface area contributed by atoms with Crippen LogP contribution < -0.4 is 5.32 Å². The van der Waals surface area contributed by atoms with E-state index in [2.05, 4.69) is 15.5 Å². The molecule has 1 amide bonds. The molecule has 0 bridgehead atoms. The van der Waals surface area contributed by atoms with E-state index in [1.54, 1.807) is 24.0 Å². The van der Waals surface area contributed by atoms with Gasteiger partial charge in [-0.05, 0) is 35.7 Å². The minimum atomic E-state index is -3.62. The lowest BCUT2D eigenvalue weighted by Crippen LogP contribution is -2.54. The Labute approximate surface area is 199 Å². The van der Waals surface area contributed by atoms with Crippen molar-refractivity contribution >= 4 is 26.7 Å². The van der Waals surface area contributed by atoms with Crippen LogP contribution in [-0.4, -0.2) is 66.4 Å². The van der Waals surface area contributed by atoms with Crippen LogP contribution in [0, 0.1) is 6.92 Å². The fourth-order valence-electron chi connectivity index (χ4n) is 4.96. The highest BCUT2D eigenvalue weighted by Gasteiger charge is 2.40. The van der Waals surface area contributed by atoms with Crippen molar-refractivity contribution in [3.05, 3.63) is 54.2 Å². The molecule has 1 aliphatic carbocycles. The topological polar surface area (TPSA) is 109 Å². The lowest BCUT2D eigenvalue weighted by Gasteiger charge is -2.35. The molecule has 2 heterocycles. The molecule has 34 heavy (non-hydrogen) atoms. The number of amides is 1. The summed E-state index contributed by atoms with van der Waals surface area (Å²) in [6, 6.07) is 12.9. The fraction of sp³-hybridized carbons (Fsp3) is 0.458. The highest BCUT2D eigenvalue weighted by Crippen LogP contribution is 2.37. The summed E-state index contributed by atoms with van der Waals surface area (Å²) in [6.07, 6.45) is 3.80. The van der Waals surface area contributed by atoms with Crippen molar-refractivity contribution in [2.24, 2.45) is 0 Å². The zero-order valence-electron chi connectivity index (χ0n) is 19.2. The minimum Gasteiger partial charge on any atom is -0.340 e. The van der Waals surface area contributed by atoms with E-state index in [-0.39, 0.29) is 30.4 Å². The molecule has 1 saturated carbocycles. The summed E-state index contributed by atoms with van der Waals surface area (Å²) < 4.78 is 33.0. The Balaban J connectivity index is 1.21. The first kappa shape index (κ1) is 22.9. The number of nitrogens with one attached hydrogen (secondary N) is 1. The predicted octanol–water partition coefficient (Wildman–Crippen LogP) is 2.42. The lowest BCUT2D eigenvalue weighted by atomic mass is 9.96. The largest absolute Gasteiger partial charge is 0.340 e. The van der Waals surface area contributed by atoms with Crippen molar-refractivity contribution in [1.82, 2.24) is 24.7 Å². The molecule has 10 heteroatoms. The molecule has 2 fully saturated rings. The summed E-state index contributed by atoms with van der Waals surface area (Å²) in [5.74, 6) is 1.08. The number of piperazine rings is 1. The third-order valence-corrected chi connectivity index (χ3v) is 8.84. The summed E-state index contributed by atoms with van der Waals surface area (Å²) in [5.41, 5.74) is -0.436. The molecule has 0 radical (unpaired) electrons. The molecule has 9 nitrogen and oxygen atoms in total. The molecule has 5 rings (SSSR count). The van der Waals surface area contributed by atoms with E-state index in [1.165, 1.54) is 4.31 Å². The van der Waals surface area contributed by atoms with Gasteiger partial charge in [0, 0.05) is 33.1 Å². The number of hydrogen-bond acceptors (Lipinski definition) is 7. The van der Waals surface area contributed by atoms with Crippen LogP contribution in [0.2, 0.25) is 0 Å². The number of carbonyl (C=O) groups excluding carboxylic acids is 1. The van der Waals surface area contributed by atoms with E-state index in [0.717, 1.165) is 36.5 Å². The Hall–Kier alpha value is -2.82. The van der Waals surface area contributed by atoms with Crippen LogP contribution in [0.1, 0.15) is 37.4 Å². The molecule has 0 spiro atoms. The zero-order chi connectivity index (χ0) is 23.8. The van der Waals surface area contributed by atoms with E-state index in [4.69, 9.17) is 4.52 Å². The van der Waals surface area contributed by atoms with Gasteiger partial charge in [0.15, 0.2) is 5.82 Å². The maximum Gasteiger partial charge on any atom is 0.243 e. The molecule has 1 saturated heterocycles. The Morgan fingerprint density at radius 3 is 2.44 bits per heavy atom. The maximum atomic E-state index is 13.2. The van der Waals surface area contributed by atoms with Crippen molar-refractivity contribution in [3.8, 4) is 0 Å². The smallest absolute Gasteiger partial charge is 0.243 e. The van der Waals surface area contributed by atoms with Gasteiger partial charge in [0.2, 0.25) is 21.8 Å². The number of aromatic nitrogens is 2. The Bertz CT molecular complexity index is 1290.